The van der Waals surface area contributed by atoms with Crippen LogP contribution in [0.3, 0.4) is 0 Å². The summed E-state index contributed by atoms with van der Waals surface area (Å²) in [7, 11) is 0. The third-order valence-electron chi connectivity index (χ3n) is 3.81. The summed E-state index contributed by atoms with van der Waals surface area (Å²) in [6.07, 6.45) is 1.67. The number of amides is 2. The first-order valence-electron chi connectivity index (χ1n) is 7.93. The predicted molar refractivity (Wildman–Crippen MR) is 104 cm³/mol. The van der Waals surface area contributed by atoms with E-state index in [2.05, 4.69) is 20.6 Å². The van der Waals surface area contributed by atoms with Crippen LogP contribution >= 0.6 is 11.3 Å². The number of carbonyl (C=O) groups is 2. The highest BCUT2D eigenvalue weighted by molar-refractivity contribution is 7.22. The smallest absolute Gasteiger partial charge is 0.257 e. The Morgan fingerprint density at radius 1 is 1.04 bits per heavy atom. The van der Waals surface area contributed by atoms with Crippen LogP contribution in [0.25, 0.3) is 21.1 Å². The fraction of sp³-hybridized carbons (Fsp3) is 0.0526. The van der Waals surface area contributed by atoms with Crippen molar-refractivity contribution in [3.05, 3.63) is 60.3 Å². The molecule has 0 saturated carbocycles. The zero-order valence-electron chi connectivity index (χ0n) is 13.8. The topological polar surface area (TPSA) is 84.0 Å². The Labute approximate surface area is 152 Å². The summed E-state index contributed by atoms with van der Waals surface area (Å²) in [5, 5.41) is 7.03. The maximum absolute atomic E-state index is 12.7. The monoisotopic (exact) mass is 362 g/mol. The van der Waals surface area contributed by atoms with E-state index in [9.17, 15) is 9.59 Å². The maximum Gasteiger partial charge on any atom is 0.257 e. The first kappa shape index (κ1) is 16.2. The molecule has 26 heavy (non-hydrogen) atoms. The molecule has 7 heteroatoms. The van der Waals surface area contributed by atoms with E-state index in [4.69, 9.17) is 0 Å². The van der Waals surface area contributed by atoms with Crippen LogP contribution in [0.1, 0.15) is 17.3 Å². The molecular weight excluding hydrogens is 348 g/mol. The zero-order valence-corrected chi connectivity index (χ0v) is 14.6. The molecule has 0 spiro atoms. The van der Waals surface area contributed by atoms with E-state index >= 15 is 0 Å². The summed E-state index contributed by atoms with van der Waals surface area (Å²) in [5.74, 6) is -0.388. The lowest BCUT2D eigenvalue weighted by molar-refractivity contribution is -0.114. The average Bonchev–Trinajstić information content (AvgIpc) is 3.01. The van der Waals surface area contributed by atoms with Crippen molar-refractivity contribution in [2.45, 2.75) is 6.92 Å². The summed E-state index contributed by atoms with van der Waals surface area (Å²) in [6.45, 7) is 1.44. The fourth-order valence-corrected chi connectivity index (χ4v) is 3.64. The molecule has 2 N–H and O–H groups in total. The minimum absolute atomic E-state index is 0.166. The van der Waals surface area contributed by atoms with Gasteiger partial charge in [-0.25, -0.2) is 4.98 Å². The van der Waals surface area contributed by atoms with Crippen LogP contribution in [0.5, 0.6) is 0 Å². The third kappa shape index (κ3) is 3.12. The van der Waals surface area contributed by atoms with E-state index in [1.165, 1.54) is 18.3 Å². The first-order valence-corrected chi connectivity index (χ1v) is 8.75. The molecule has 2 heterocycles. The van der Waals surface area contributed by atoms with Crippen molar-refractivity contribution in [3.63, 3.8) is 0 Å². The highest BCUT2D eigenvalue weighted by atomic mass is 32.1. The van der Waals surface area contributed by atoms with Crippen molar-refractivity contribution in [1.82, 2.24) is 9.97 Å². The van der Waals surface area contributed by atoms with E-state index < -0.39 is 0 Å². The number of pyridine rings is 1. The van der Waals surface area contributed by atoms with Crippen LogP contribution in [-0.4, -0.2) is 21.8 Å². The Hall–Kier alpha value is -3.32. The van der Waals surface area contributed by atoms with E-state index in [0.29, 0.717) is 21.9 Å². The lowest BCUT2D eigenvalue weighted by Crippen LogP contribution is -2.12. The molecule has 4 aromatic rings. The van der Waals surface area contributed by atoms with Gasteiger partial charge in [-0.3, -0.25) is 14.6 Å². The van der Waals surface area contributed by atoms with Gasteiger partial charge in [0.1, 0.15) is 0 Å². The number of para-hydroxylation sites is 1. The molecule has 6 nitrogen and oxygen atoms in total. The highest BCUT2D eigenvalue weighted by Crippen LogP contribution is 2.28. The number of hydrogen-bond acceptors (Lipinski definition) is 5. The molecule has 0 bridgehead atoms. The van der Waals surface area contributed by atoms with Gasteiger partial charge in [-0.15, -0.1) is 0 Å². The largest absolute Gasteiger partial charge is 0.322 e. The molecule has 0 atom stereocenters. The van der Waals surface area contributed by atoms with Crippen molar-refractivity contribution in [1.29, 1.82) is 0 Å². The molecule has 4 rings (SSSR count). The Morgan fingerprint density at radius 2 is 1.88 bits per heavy atom. The number of rotatable bonds is 3. The van der Waals surface area contributed by atoms with Crippen LogP contribution in [0.4, 0.5) is 10.8 Å². The second-order valence-corrected chi connectivity index (χ2v) is 6.75. The van der Waals surface area contributed by atoms with Crippen LogP contribution in [-0.2, 0) is 4.79 Å². The second-order valence-electron chi connectivity index (χ2n) is 5.72. The van der Waals surface area contributed by atoms with Crippen LogP contribution in [0.2, 0.25) is 0 Å². The molecular formula is C19H14N4O2S. The maximum atomic E-state index is 12.7. The van der Waals surface area contributed by atoms with Gasteiger partial charge in [0.05, 0.1) is 21.3 Å². The average molecular weight is 362 g/mol. The minimum Gasteiger partial charge on any atom is -0.322 e. The van der Waals surface area contributed by atoms with Gasteiger partial charge in [0.25, 0.3) is 5.91 Å². The number of aromatic nitrogens is 2. The SMILES string of the molecule is CC(=O)Nc1nc2ccc(NC(=O)c3cccc4cccnc34)cc2s1. The zero-order chi connectivity index (χ0) is 18.1. The highest BCUT2D eigenvalue weighted by Gasteiger charge is 2.12. The van der Waals surface area contributed by atoms with Crippen molar-refractivity contribution in [2.75, 3.05) is 10.6 Å². The second kappa shape index (κ2) is 6.53. The van der Waals surface area contributed by atoms with Gasteiger partial charge >= 0.3 is 0 Å². The van der Waals surface area contributed by atoms with Crippen molar-refractivity contribution >= 4 is 55.1 Å². The summed E-state index contributed by atoms with van der Waals surface area (Å²) >= 11 is 1.36. The quantitative estimate of drug-likeness (QED) is 0.576. The van der Waals surface area contributed by atoms with E-state index in [1.54, 1.807) is 18.3 Å². The van der Waals surface area contributed by atoms with Crippen LogP contribution in [0, 0.1) is 0 Å². The van der Waals surface area contributed by atoms with Gasteiger partial charge in [-0.2, -0.15) is 0 Å². The lowest BCUT2D eigenvalue weighted by atomic mass is 10.1. The number of nitrogens with one attached hydrogen (secondary N) is 2. The summed E-state index contributed by atoms with van der Waals surface area (Å²) in [4.78, 5) is 32.5. The number of fused-ring (bicyclic) bond motifs is 2. The van der Waals surface area contributed by atoms with Gasteiger partial charge < -0.3 is 10.6 Å². The fourth-order valence-electron chi connectivity index (χ4n) is 2.69. The number of carbonyl (C=O) groups excluding carboxylic acids is 2. The number of nitrogens with zero attached hydrogens (tertiary/aromatic N) is 2. The van der Waals surface area contributed by atoms with E-state index in [1.807, 2.05) is 36.4 Å². The van der Waals surface area contributed by atoms with Crippen LogP contribution in [0.15, 0.2) is 54.7 Å². The molecule has 2 aromatic heterocycles. The Morgan fingerprint density at radius 3 is 2.73 bits per heavy atom. The number of benzene rings is 2. The normalized spacial score (nSPS) is 10.8. The number of thiazole rings is 1. The molecule has 128 valence electrons. The Balaban J connectivity index is 1.63. The molecule has 0 radical (unpaired) electrons. The molecule has 0 aliphatic carbocycles. The minimum atomic E-state index is -0.222. The van der Waals surface area contributed by atoms with Gasteiger partial charge in [0.2, 0.25) is 5.91 Å². The Kier molecular flexibility index (Phi) is 4.06. The molecule has 2 amide bonds. The summed E-state index contributed by atoms with van der Waals surface area (Å²) in [5.41, 5.74) is 2.61. The molecule has 2 aromatic carbocycles. The van der Waals surface area contributed by atoms with E-state index in [0.717, 1.165) is 15.6 Å². The lowest BCUT2D eigenvalue weighted by Gasteiger charge is -2.07. The predicted octanol–water partition coefficient (Wildman–Crippen LogP) is 4.06. The number of hydrogen-bond donors (Lipinski definition) is 2. The number of anilines is 2. The van der Waals surface area contributed by atoms with Crippen LogP contribution < -0.4 is 10.6 Å². The van der Waals surface area contributed by atoms with Gasteiger partial charge in [0.15, 0.2) is 5.13 Å². The van der Waals surface area contributed by atoms with Crippen molar-refractivity contribution < 1.29 is 9.59 Å². The molecule has 0 aliphatic heterocycles. The molecule has 0 aliphatic rings. The summed E-state index contributed by atoms with van der Waals surface area (Å²) in [6, 6.07) is 14.7. The van der Waals surface area contributed by atoms with Crippen molar-refractivity contribution in [3.8, 4) is 0 Å². The molecule has 0 fully saturated rings. The standard InChI is InChI=1S/C19H14N4O2S/c1-11(24)21-19-23-15-8-7-13(10-16(15)26-19)22-18(25)14-6-2-4-12-5-3-9-20-17(12)14/h2-10H,1H3,(H,22,25)(H,21,23,24). The first-order chi connectivity index (χ1) is 12.6. The Bertz CT molecular complexity index is 1150. The van der Waals surface area contributed by atoms with Gasteiger partial charge in [0, 0.05) is 24.2 Å². The molecule has 0 saturated heterocycles. The summed E-state index contributed by atoms with van der Waals surface area (Å²) < 4.78 is 0.877. The van der Waals surface area contributed by atoms with E-state index in [-0.39, 0.29) is 11.8 Å². The van der Waals surface area contributed by atoms with Crippen molar-refractivity contribution in [2.24, 2.45) is 0 Å². The van der Waals surface area contributed by atoms with Gasteiger partial charge in [-0.05, 0) is 30.3 Å². The molecule has 0 unspecified atom stereocenters. The third-order valence-corrected chi connectivity index (χ3v) is 4.74. The van der Waals surface area contributed by atoms with Gasteiger partial charge in [-0.1, -0.05) is 29.5 Å².